The van der Waals surface area contributed by atoms with E-state index in [9.17, 15) is 0 Å². The van der Waals surface area contributed by atoms with Crippen molar-refractivity contribution in [1.82, 2.24) is 4.90 Å². The van der Waals surface area contributed by atoms with Crippen LogP contribution in [0.25, 0.3) is 0 Å². The highest BCUT2D eigenvalue weighted by Gasteiger charge is 2.09. The van der Waals surface area contributed by atoms with Gasteiger partial charge in [-0.1, -0.05) is 15.9 Å². The maximum absolute atomic E-state index is 8.71. The van der Waals surface area contributed by atoms with Crippen molar-refractivity contribution in [2.45, 2.75) is 13.0 Å². The largest absolute Gasteiger partial charge is 0.497 e. The number of halogens is 1. The van der Waals surface area contributed by atoms with Gasteiger partial charge in [-0.3, -0.25) is 4.90 Å². The summed E-state index contributed by atoms with van der Waals surface area (Å²) in [6.07, 6.45) is 0.519. The van der Waals surface area contributed by atoms with E-state index < -0.39 is 0 Å². The maximum atomic E-state index is 8.71. The van der Waals surface area contributed by atoms with Gasteiger partial charge in [-0.25, -0.2) is 0 Å². The van der Waals surface area contributed by atoms with E-state index >= 15 is 0 Å². The summed E-state index contributed by atoms with van der Waals surface area (Å²) in [6, 6.07) is 8.09. The third kappa shape index (κ3) is 5.60. The number of hydrogen-bond donors (Lipinski definition) is 0. The smallest absolute Gasteiger partial charge is 0.119 e. The molecule has 0 unspecified atom stereocenters. The van der Waals surface area contributed by atoms with E-state index in [0.29, 0.717) is 13.0 Å². The molecule has 0 bridgehead atoms. The Hall–Kier alpha value is -1.09. The second-order valence-corrected chi connectivity index (χ2v) is 4.99. The second kappa shape index (κ2) is 8.92. The Morgan fingerprint density at radius 3 is 2.74 bits per heavy atom. The van der Waals surface area contributed by atoms with Crippen LogP contribution >= 0.6 is 15.9 Å². The van der Waals surface area contributed by atoms with Gasteiger partial charge in [0.25, 0.3) is 0 Å². The number of ether oxygens (including phenoxy) is 2. The topological polar surface area (TPSA) is 45.5 Å². The van der Waals surface area contributed by atoms with Crippen LogP contribution in [0.3, 0.4) is 0 Å². The third-order valence-corrected chi connectivity index (χ3v) is 3.57. The molecule has 0 spiro atoms. The molecule has 0 aliphatic carbocycles. The quantitative estimate of drug-likeness (QED) is 0.737. The highest BCUT2D eigenvalue weighted by Crippen LogP contribution is 2.23. The molecule has 0 heterocycles. The van der Waals surface area contributed by atoms with E-state index in [1.54, 1.807) is 14.2 Å². The lowest BCUT2D eigenvalue weighted by Gasteiger charge is -2.21. The van der Waals surface area contributed by atoms with Gasteiger partial charge in [0.15, 0.2) is 0 Å². The first-order valence-electron chi connectivity index (χ1n) is 6.12. The molecule has 0 aromatic heterocycles. The fourth-order valence-electron chi connectivity index (χ4n) is 1.74. The van der Waals surface area contributed by atoms with Crippen LogP contribution in [0.4, 0.5) is 0 Å². The van der Waals surface area contributed by atoms with Crippen LogP contribution in [-0.4, -0.2) is 38.8 Å². The zero-order valence-electron chi connectivity index (χ0n) is 11.4. The van der Waals surface area contributed by atoms with Gasteiger partial charge in [0.1, 0.15) is 5.75 Å². The first-order valence-corrected chi connectivity index (χ1v) is 6.91. The Bertz CT molecular complexity index is 432. The first kappa shape index (κ1) is 16.0. The molecule has 0 atom stereocenters. The highest BCUT2D eigenvalue weighted by molar-refractivity contribution is 9.10. The Kier molecular flexibility index (Phi) is 7.49. The van der Waals surface area contributed by atoms with Crippen molar-refractivity contribution in [1.29, 1.82) is 5.26 Å². The van der Waals surface area contributed by atoms with Gasteiger partial charge in [0, 0.05) is 37.6 Å². The van der Waals surface area contributed by atoms with Crippen LogP contribution in [0.1, 0.15) is 12.0 Å². The van der Waals surface area contributed by atoms with E-state index in [4.69, 9.17) is 14.7 Å². The molecule has 0 fully saturated rings. The predicted octanol–water partition coefficient (Wildman–Crippen LogP) is 2.82. The summed E-state index contributed by atoms with van der Waals surface area (Å²) >= 11 is 3.55. The van der Waals surface area contributed by atoms with Gasteiger partial charge >= 0.3 is 0 Å². The van der Waals surface area contributed by atoms with Crippen LogP contribution in [0, 0.1) is 11.3 Å². The molecular weight excluding hydrogens is 308 g/mol. The predicted molar refractivity (Wildman–Crippen MR) is 78.1 cm³/mol. The summed E-state index contributed by atoms with van der Waals surface area (Å²) in [7, 11) is 3.34. The molecule has 0 aliphatic heterocycles. The summed E-state index contributed by atoms with van der Waals surface area (Å²) in [4.78, 5) is 2.20. The first-order chi connectivity index (χ1) is 9.21. The summed E-state index contributed by atoms with van der Waals surface area (Å²) < 4.78 is 11.4. The average Bonchev–Trinajstić information content (AvgIpc) is 2.43. The minimum atomic E-state index is 0.519. The standard InChI is InChI=1S/C14H19BrN2O2/c1-18-9-8-17(7-3-6-16)11-12-10-13(19-2)4-5-14(12)15/h4-5,10H,3,7-9,11H2,1-2H3. The van der Waals surface area contributed by atoms with Crippen LogP contribution in [0.2, 0.25) is 0 Å². The Morgan fingerprint density at radius 1 is 1.32 bits per heavy atom. The van der Waals surface area contributed by atoms with E-state index in [0.717, 1.165) is 35.4 Å². The molecule has 0 radical (unpaired) electrons. The van der Waals surface area contributed by atoms with Crippen molar-refractivity contribution in [2.24, 2.45) is 0 Å². The number of nitriles is 1. The lowest BCUT2D eigenvalue weighted by molar-refractivity contribution is 0.145. The van der Waals surface area contributed by atoms with Crippen LogP contribution in [0.5, 0.6) is 5.75 Å². The van der Waals surface area contributed by atoms with Crippen LogP contribution < -0.4 is 4.74 Å². The molecule has 104 valence electrons. The van der Waals surface area contributed by atoms with E-state index in [2.05, 4.69) is 26.9 Å². The molecule has 0 N–H and O–H groups in total. The number of benzene rings is 1. The summed E-state index contributed by atoms with van der Waals surface area (Å²) in [5.74, 6) is 0.838. The van der Waals surface area contributed by atoms with Gasteiger partial charge in [-0.2, -0.15) is 5.26 Å². The number of nitrogens with zero attached hydrogens (tertiary/aromatic N) is 2. The molecule has 0 saturated carbocycles. The van der Waals surface area contributed by atoms with Crippen LogP contribution in [-0.2, 0) is 11.3 Å². The van der Waals surface area contributed by atoms with E-state index in [1.165, 1.54) is 0 Å². The third-order valence-electron chi connectivity index (χ3n) is 2.80. The maximum Gasteiger partial charge on any atom is 0.119 e. The lowest BCUT2D eigenvalue weighted by atomic mass is 10.2. The Labute approximate surface area is 123 Å². The van der Waals surface area contributed by atoms with Crippen LogP contribution in [0.15, 0.2) is 22.7 Å². The molecule has 19 heavy (non-hydrogen) atoms. The van der Waals surface area contributed by atoms with Gasteiger partial charge in [0.05, 0.1) is 19.8 Å². The van der Waals surface area contributed by atoms with Crippen molar-refractivity contribution in [3.05, 3.63) is 28.2 Å². The summed E-state index contributed by atoms with van der Waals surface area (Å²) in [5.41, 5.74) is 1.15. The van der Waals surface area contributed by atoms with Crippen molar-refractivity contribution < 1.29 is 9.47 Å². The minimum absolute atomic E-state index is 0.519. The SMILES string of the molecule is COCCN(CCC#N)Cc1cc(OC)ccc1Br. The van der Waals surface area contributed by atoms with Gasteiger partial charge < -0.3 is 9.47 Å². The molecule has 0 amide bonds. The molecule has 1 aromatic rings. The molecule has 1 aromatic carbocycles. The number of rotatable bonds is 8. The number of hydrogen-bond acceptors (Lipinski definition) is 4. The Morgan fingerprint density at radius 2 is 2.11 bits per heavy atom. The number of methoxy groups -OCH3 is 2. The van der Waals surface area contributed by atoms with Gasteiger partial charge in [-0.05, 0) is 23.8 Å². The molecule has 1 rings (SSSR count). The second-order valence-electron chi connectivity index (χ2n) is 4.13. The Balaban J connectivity index is 2.73. The molecule has 4 nitrogen and oxygen atoms in total. The zero-order chi connectivity index (χ0) is 14.1. The normalized spacial score (nSPS) is 10.5. The van der Waals surface area contributed by atoms with Crippen molar-refractivity contribution in [3.63, 3.8) is 0 Å². The zero-order valence-corrected chi connectivity index (χ0v) is 12.9. The summed E-state index contributed by atoms with van der Waals surface area (Å²) in [6.45, 7) is 2.97. The highest BCUT2D eigenvalue weighted by atomic mass is 79.9. The van der Waals surface area contributed by atoms with E-state index in [-0.39, 0.29) is 0 Å². The fourth-order valence-corrected chi connectivity index (χ4v) is 2.11. The van der Waals surface area contributed by atoms with Crippen molar-refractivity contribution in [3.8, 4) is 11.8 Å². The fraction of sp³-hybridized carbons (Fsp3) is 0.500. The van der Waals surface area contributed by atoms with E-state index in [1.807, 2.05) is 18.2 Å². The lowest BCUT2D eigenvalue weighted by Crippen LogP contribution is -2.28. The molecule has 0 saturated heterocycles. The minimum Gasteiger partial charge on any atom is -0.497 e. The van der Waals surface area contributed by atoms with Gasteiger partial charge in [0.2, 0.25) is 0 Å². The van der Waals surface area contributed by atoms with Crippen molar-refractivity contribution >= 4 is 15.9 Å². The summed E-state index contributed by atoms with van der Waals surface area (Å²) in [5, 5.41) is 8.71. The van der Waals surface area contributed by atoms with Gasteiger partial charge in [-0.15, -0.1) is 0 Å². The average molecular weight is 327 g/mol. The molecule has 0 aliphatic rings. The molecular formula is C14H19BrN2O2. The molecule has 5 heteroatoms. The monoisotopic (exact) mass is 326 g/mol. The van der Waals surface area contributed by atoms with Crippen molar-refractivity contribution in [2.75, 3.05) is 33.9 Å².